The van der Waals surface area contributed by atoms with Gasteiger partial charge in [-0.1, -0.05) is 6.92 Å². The maximum atomic E-state index is 10.2. The van der Waals surface area contributed by atoms with Crippen molar-refractivity contribution in [3.8, 4) is 0 Å². The van der Waals surface area contributed by atoms with Gasteiger partial charge in [0.15, 0.2) is 0 Å². The molecule has 0 spiro atoms. The molecule has 2 heteroatoms. The van der Waals surface area contributed by atoms with Gasteiger partial charge in [0.2, 0.25) is 0 Å². The Hall–Kier alpha value is -0.370. The van der Waals surface area contributed by atoms with Crippen LogP contribution < -0.4 is 5.32 Å². The van der Waals surface area contributed by atoms with Crippen LogP contribution in [-0.2, 0) is 4.79 Å². The molecule has 0 aromatic rings. The van der Waals surface area contributed by atoms with E-state index in [1.807, 2.05) is 0 Å². The second kappa shape index (κ2) is 2.27. The zero-order chi connectivity index (χ0) is 5.98. The molecule has 1 heterocycles. The standard InChI is InChI=1S/C6H11NO/c1-5-2-7-3-6(5)4-8/h4-7H,2-3H2,1H3/t5?,6-/m0/s1. The topological polar surface area (TPSA) is 29.1 Å². The summed E-state index contributed by atoms with van der Waals surface area (Å²) in [6, 6.07) is 0. The maximum absolute atomic E-state index is 10.2. The molecule has 0 aromatic carbocycles. The predicted octanol–water partition coefficient (Wildman–Crippen LogP) is 0.0408. The summed E-state index contributed by atoms with van der Waals surface area (Å²) < 4.78 is 0. The summed E-state index contributed by atoms with van der Waals surface area (Å²) in [6.07, 6.45) is 1.05. The van der Waals surface area contributed by atoms with Gasteiger partial charge in [-0.3, -0.25) is 0 Å². The summed E-state index contributed by atoms with van der Waals surface area (Å²) in [7, 11) is 0. The number of nitrogens with one attached hydrogen (secondary N) is 1. The fraction of sp³-hybridized carbons (Fsp3) is 0.833. The van der Waals surface area contributed by atoms with Crippen molar-refractivity contribution in [2.45, 2.75) is 6.92 Å². The predicted molar refractivity (Wildman–Crippen MR) is 31.6 cm³/mol. The second-order valence-corrected chi connectivity index (χ2v) is 2.44. The minimum atomic E-state index is 0.273. The molecule has 1 unspecified atom stereocenters. The van der Waals surface area contributed by atoms with Gasteiger partial charge >= 0.3 is 0 Å². The van der Waals surface area contributed by atoms with Gasteiger partial charge in [-0.25, -0.2) is 0 Å². The largest absolute Gasteiger partial charge is 0.316 e. The normalized spacial score (nSPS) is 37.6. The minimum absolute atomic E-state index is 0.273. The Morgan fingerprint density at radius 3 is 2.62 bits per heavy atom. The van der Waals surface area contributed by atoms with Crippen LogP contribution in [0.2, 0.25) is 0 Å². The zero-order valence-corrected chi connectivity index (χ0v) is 5.05. The minimum Gasteiger partial charge on any atom is -0.316 e. The van der Waals surface area contributed by atoms with Gasteiger partial charge < -0.3 is 10.1 Å². The van der Waals surface area contributed by atoms with E-state index in [4.69, 9.17) is 0 Å². The molecule has 0 aromatic heterocycles. The first-order valence-corrected chi connectivity index (χ1v) is 3.00. The highest BCUT2D eigenvalue weighted by Crippen LogP contribution is 2.11. The Labute approximate surface area is 49.3 Å². The lowest BCUT2D eigenvalue weighted by Crippen LogP contribution is -2.10. The van der Waals surface area contributed by atoms with E-state index in [0.717, 1.165) is 19.4 Å². The van der Waals surface area contributed by atoms with Gasteiger partial charge in [-0.2, -0.15) is 0 Å². The molecule has 0 amide bonds. The summed E-state index contributed by atoms with van der Waals surface area (Å²) in [5, 5.41) is 3.14. The molecule has 2 atom stereocenters. The van der Waals surface area contributed by atoms with Crippen molar-refractivity contribution in [3.63, 3.8) is 0 Å². The average Bonchev–Trinajstić information content (AvgIpc) is 2.14. The second-order valence-electron chi connectivity index (χ2n) is 2.44. The van der Waals surface area contributed by atoms with Crippen LogP contribution in [0.1, 0.15) is 6.92 Å². The van der Waals surface area contributed by atoms with Gasteiger partial charge in [-0.05, 0) is 12.5 Å². The number of hydrogen-bond acceptors (Lipinski definition) is 2. The molecule has 1 aliphatic heterocycles. The molecule has 0 radical (unpaired) electrons. The van der Waals surface area contributed by atoms with Crippen LogP contribution in [0.15, 0.2) is 0 Å². The Bertz CT molecular complexity index is 92.5. The van der Waals surface area contributed by atoms with Crippen LogP contribution in [0.3, 0.4) is 0 Å². The molecule has 1 saturated heterocycles. The first-order chi connectivity index (χ1) is 3.84. The van der Waals surface area contributed by atoms with Gasteiger partial charge in [0.25, 0.3) is 0 Å². The molecule has 1 N–H and O–H groups in total. The van der Waals surface area contributed by atoms with E-state index < -0.39 is 0 Å². The van der Waals surface area contributed by atoms with Gasteiger partial charge in [-0.15, -0.1) is 0 Å². The Kier molecular flexibility index (Phi) is 1.63. The van der Waals surface area contributed by atoms with Crippen LogP contribution in [0.25, 0.3) is 0 Å². The van der Waals surface area contributed by atoms with Crippen LogP contribution >= 0.6 is 0 Å². The van der Waals surface area contributed by atoms with E-state index in [2.05, 4.69) is 12.2 Å². The molecule has 0 aliphatic carbocycles. The summed E-state index contributed by atoms with van der Waals surface area (Å²) >= 11 is 0. The molecule has 1 rings (SSSR count). The SMILES string of the molecule is CC1CNC[C@H]1C=O. The zero-order valence-electron chi connectivity index (χ0n) is 5.05. The lowest BCUT2D eigenvalue weighted by atomic mass is 10.0. The molecule has 1 aliphatic rings. The monoisotopic (exact) mass is 113 g/mol. The molecule has 2 nitrogen and oxygen atoms in total. The highest BCUT2D eigenvalue weighted by Gasteiger charge is 2.21. The van der Waals surface area contributed by atoms with Gasteiger partial charge in [0, 0.05) is 12.5 Å². The van der Waals surface area contributed by atoms with Crippen LogP contribution in [0, 0.1) is 11.8 Å². The highest BCUT2D eigenvalue weighted by atomic mass is 16.1. The lowest BCUT2D eigenvalue weighted by molar-refractivity contribution is -0.111. The Balaban J connectivity index is 2.41. The van der Waals surface area contributed by atoms with Crippen molar-refractivity contribution >= 4 is 6.29 Å². The van der Waals surface area contributed by atoms with Crippen LogP contribution in [0.4, 0.5) is 0 Å². The highest BCUT2D eigenvalue weighted by molar-refractivity contribution is 5.54. The molecular weight excluding hydrogens is 102 g/mol. The number of carbonyl (C=O) groups excluding carboxylic acids is 1. The number of carbonyl (C=O) groups is 1. The fourth-order valence-corrected chi connectivity index (χ4v) is 1.01. The van der Waals surface area contributed by atoms with Crippen LogP contribution in [-0.4, -0.2) is 19.4 Å². The van der Waals surface area contributed by atoms with Gasteiger partial charge in [0.1, 0.15) is 6.29 Å². The molecule has 1 fully saturated rings. The molecule has 46 valence electrons. The Morgan fingerprint density at radius 1 is 1.62 bits per heavy atom. The smallest absolute Gasteiger partial charge is 0.124 e. The summed E-state index contributed by atoms with van der Waals surface area (Å²) in [6.45, 7) is 3.98. The van der Waals surface area contributed by atoms with E-state index in [1.165, 1.54) is 0 Å². The third kappa shape index (κ3) is 0.892. The van der Waals surface area contributed by atoms with Gasteiger partial charge in [0.05, 0.1) is 0 Å². The van der Waals surface area contributed by atoms with E-state index in [0.29, 0.717) is 5.92 Å². The third-order valence-electron chi connectivity index (χ3n) is 1.75. The number of rotatable bonds is 1. The van der Waals surface area contributed by atoms with Crippen molar-refractivity contribution in [2.75, 3.05) is 13.1 Å². The van der Waals surface area contributed by atoms with Crippen molar-refractivity contribution < 1.29 is 4.79 Å². The van der Waals surface area contributed by atoms with E-state index in [-0.39, 0.29) is 5.92 Å². The van der Waals surface area contributed by atoms with Crippen molar-refractivity contribution in [2.24, 2.45) is 11.8 Å². The van der Waals surface area contributed by atoms with Crippen molar-refractivity contribution in [1.29, 1.82) is 0 Å². The Morgan fingerprint density at radius 2 is 2.38 bits per heavy atom. The van der Waals surface area contributed by atoms with Crippen LogP contribution in [0.5, 0.6) is 0 Å². The van der Waals surface area contributed by atoms with E-state index in [1.54, 1.807) is 0 Å². The third-order valence-corrected chi connectivity index (χ3v) is 1.75. The average molecular weight is 113 g/mol. The summed E-state index contributed by atoms with van der Waals surface area (Å²) in [5.41, 5.74) is 0. The molecule has 8 heavy (non-hydrogen) atoms. The van der Waals surface area contributed by atoms with Crippen molar-refractivity contribution in [1.82, 2.24) is 5.32 Å². The number of hydrogen-bond donors (Lipinski definition) is 1. The number of aldehydes is 1. The summed E-state index contributed by atoms with van der Waals surface area (Å²) in [4.78, 5) is 10.2. The quantitative estimate of drug-likeness (QED) is 0.486. The van der Waals surface area contributed by atoms with Crippen molar-refractivity contribution in [3.05, 3.63) is 0 Å². The fourth-order valence-electron chi connectivity index (χ4n) is 1.01. The lowest BCUT2D eigenvalue weighted by Gasteiger charge is -2.02. The maximum Gasteiger partial charge on any atom is 0.124 e. The van der Waals surface area contributed by atoms with E-state index >= 15 is 0 Å². The van der Waals surface area contributed by atoms with E-state index in [9.17, 15) is 4.79 Å². The molecule has 0 bridgehead atoms. The first-order valence-electron chi connectivity index (χ1n) is 3.00. The molecular formula is C6H11NO. The molecule has 0 saturated carbocycles. The first kappa shape index (κ1) is 5.76. The summed E-state index contributed by atoms with van der Waals surface area (Å²) in [5.74, 6) is 0.822.